The number of carboxylic acids is 1. The topological polar surface area (TPSA) is 115 Å². The van der Waals surface area contributed by atoms with Gasteiger partial charge in [0.25, 0.3) is 5.91 Å². The summed E-state index contributed by atoms with van der Waals surface area (Å²) in [6.07, 6.45) is 9.86. The summed E-state index contributed by atoms with van der Waals surface area (Å²) in [5.74, 6) is 1.85. The van der Waals surface area contributed by atoms with Gasteiger partial charge in [0.05, 0.1) is 5.56 Å². The van der Waals surface area contributed by atoms with Crippen LogP contribution in [-0.2, 0) is 6.42 Å². The fraction of sp³-hybridized carbons (Fsp3) is 0.414. The lowest BCUT2D eigenvalue weighted by atomic mass is 9.48. The molecule has 0 saturated heterocycles. The Hall–Kier alpha value is -3.61. The smallest absolute Gasteiger partial charge is 0.335 e. The van der Waals surface area contributed by atoms with Crippen molar-refractivity contribution in [1.29, 1.82) is 0 Å². The first-order chi connectivity index (χ1) is 17.4. The fourth-order valence-corrected chi connectivity index (χ4v) is 7.47. The second-order valence-corrected chi connectivity index (χ2v) is 11.2. The molecule has 1 aromatic heterocycles. The number of carboxylic acid groups (broad SMARTS) is 1. The molecule has 4 aliphatic rings. The van der Waals surface area contributed by atoms with E-state index in [-0.39, 0.29) is 17.2 Å². The minimum Gasteiger partial charge on any atom is -0.508 e. The number of rotatable bonds is 7. The molecular weight excluding hydrogens is 454 g/mol. The molecule has 4 saturated carbocycles. The number of anilines is 1. The number of nitrogens with zero attached hydrogens (tertiary/aromatic N) is 1. The first kappa shape index (κ1) is 22.8. The minimum atomic E-state index is -1.05. The van der Waals surface area contributed by atoms with Crippen LogP contribution in [0.25, 0.3) is 11.4 Å². The monoisotopic (exact) mass is 485 g/mol. The summed E-state index contributed by atoms with van der Waals surface area (Å²) < 4.78 is 0. The van der Waals surface area contributed by atoms with Crippen LogP contribution in [0.1, 0.15) is 71.5 Å². The van der Waals surface area contributed by atoms with Crippen molar-refractivity contribution in [3.63, 3.8) is 0 Å². The molecule has 1 heterocycles. The summed E-state index contributed by atoms with van der Waals surface area (Å²) in [6.45, 7) is 0. The Morgan fingerprint density at radius 3 is 2.36 bits per heavy atom. The van der Waals surface area contributed by atoms with Crippen LogP contribution in [0.3, 0.4) is 0 Å². The molecule has 7 nitrogen and oxygen atoms in total. The molecule has 1 amide bonds. The van der Waals surface area contributed by atoms with Gasteiger partial charge >= 0.3 is 5.97 Å². The van der Waals surface area contributed by atoms with E-state index < -0.39 is 5.97 Å². The molecule has 0 unspecified atom stereocenters. The van der Waals surface area contributed by atoms with Crippen molar-refractivity contribution in [3.8, 4) is 17.1 Å². The highest BCUT2D eigenvalue weighted by Gasteiger charge is 2.50. The van der Waals surface area contributed by atoms with Crippen LogP contribution in [0.15, 0.2) is 48.5 Å². The van der Waals surface area contributed by atoms with Gasteiger partial charge in [-0.05, 0) is 105 Å². The third-order valence-corrected chi connectivity index (χ3v) is 8.55. The summed E-state index contributed by atoms with van der Waals surface area (Å²) in [7, 11) is 0. The summed E-state index contributed by atoms with van der Waals surface area (Å²) in [5, 5.41) is 22.1. The number of hydrogen-bond donors (Lipinski definition) is 4. The number of nitrogens with one attached hydrogen (secondary N) is 2. The van der Waals surface area contributed by atoms with Crippen molar-refractivity contribution in [2.45, 2.75) is 51.4 Å². The average molecular weight is 486 g/mol. The Balaban J connectivity index is 1.28. The van der Waals surface area contributed by atoms with E-state index in [9.17, 15) is 19.8 Å². The number of aromatic nitrogens is 2. The van der Waals surface area contributed by atoms with Gasteiger partial charge in [-0.1, -0.05) is 18.2 Å². The van der Waals surface area contributed by atoms with Crippen molar-refractivity contribution < 1.29 is 19.8 Å². The number of carbonyl (C=O) groups is 2. The maximum absolute atomic E-state index is 13.4. The zero-order valence-electron chi connectivity index (χ0n) is 20.2. The van der Waals surface area contributed by atoms with Gasteiger partial charge in [0, 0.05) is 16.9 Å². The molecule has 0 radical (unpaired) electrons. The maximum atomic E-state index is 13.4. The van der Waals surface area contributed by atoms with E-state index in [0.717, 1.165) is 36.3 Å². The second-order valence-electron chi connectivity index (χ2n) is 11.2. The van der Waals surface area contributed by atoms with Crippen molar-refractivity contribution in [3.05, 3.63) is 65.5 Å². The number of phenols is 1. The third-order valence-electron chi connectivity index (χ3n) is 8.55. The number of aromatic hydroxyl groups is 1. The number of phenolic OH excluding ortho intramolecular Hbond substituents is 1. The summed E-state index contributed by atoms with van der Waals surface area (Å²) >= 11 is 0. The summed E-state index contributed by atoms with van der Waals surface area (Å²) in [6, 6.07) is 13.0. The van der Waals surface area contributed by atoms with Crippen molar-refractivity contribution in [1.82, 2.24) is 9.97 Å². The molecule has 4 aliphatic carbocycles. The van der Waals surface area contributed by atoms with Crippen LogP contribution >= 0.6 is 0 Å². The van der Waals surface area contributed by atoms with Gasteiger partial charge in [0.2, 0.25) is 0 Å². The number of H-pyrrole nitrogens is 1. The minimum absolute atomic E-state index is 0.109. The molecule has 0 atom stereocenters. The molecular formula is C29H31N3O4. The molecule has 3 aromatic rings. The molecule has 186 valence electrons. The standard InChI is InChI=1S/C29H31N3O4/c33-23-6-2-3-20(13-23)26-31-24(7-8-29-14-17-9-18(15-29)11-19(10-17)16-29)25(32-26)27(34)30-22-5-1-4-21(12-22)28(35)36/h1-6,12-13,17-19,33H,7-11,14-16H2,(H,30,34)(H,31,32)(H,35,36). The zero-order chi connectivity index (χ0) is 24.9. The van der Waals surface area contributed by atoms with E-state index in [2.05, 4.69) is 15.3 Å². The maximum Gasteiger partial charge on any atom is 0.335 e. The molecule has 0 aliphatic heterocycles. The summed E-state index contributed by atoms with van der Waals surface area (Å²) in [5.41, 5.74) is 2.70. The van der Waals surface area contributed by atoms with Crippen LogP contribution in [0.5, 0.6) is 5.75 Å². The lowest BCUT2D eigenvalue weighted by Gasteiger charge is -2.57. The van der Waals surface area contributed by atoms with Gasteiger partial charge in [0.1, 0.15) is 17.3 Å². The van der Waals surface area contributed by atoms with Gasteiger partial charge < -0.3 is 20.5 Å². The van der Waals surface area contributed by atoms with Gasteiger partial charge in [-0.3, -0.25) is 4.79 Å². The van der Waals surface area contributed by atoms with Gasteiger partial charge in [0.15, 0.2) is 0 Å². The summed E-state index contributed by atoms with van der Waals surface area (Å²) in [4.78, 5) is 32.7. The largest absolute Gasteiger partial charge is 0.508 e. The first-order valence-corrected chi connectivity index (χ1v) is 12.9. The van der Waals surface area contributed by atoms with Crippen LogP contribution in [-0.4, -0.2) is 32.1 Å². The molecule has 36 heavy (non-hydrogen) atoms. The Morgan fingerprint density at radius 2 is 1.69 bits per heavy atom. The molecule has 4 bridgehead atoms. The number of benzene rings is 2. The molecule has 4 N–H and O–H groups in total. The lowest BCUT2D eigenvalue weighted by Crippen LogP contribution is -2.46. The van der Waals surface area contributed by atoms with Crippen molar-refractivity contribution in [2.24, 2.45) is 23.2 Å². The number of carbonyl (C=O) groups excluding carboxylic acids is 1. The SMILES string of the molecule is O=C(O)c1cccc(NC(=O)c2nc(-c3cccc(O)c3)[nH]c2CCC23CC4CC(CC(C4)C2)C3)c1. The highest BCUT2D eigenvalue weighted by atomic mass is 16.4. The Kier molecular flexibility index (Phi) is 5.58. The molecule has 7 heteroatoms. The Bertz CT molecular complexity index is 1290. The van der Waals surface area contributed by atoms with Gasteiger partial charge in [-0.15, -0.1) is 0 Å². The highest BCUT2D eigenvalue weighted by molar-refractivity contribution is 6.04. The molecule has 4 fully saturated rings. The van der Waals surface area contributed by atoms with E-state index in [4.69, 9.17) is 0 Å². The predicted octanol–water partition coefficient (Wildman–Crippen LogP) is 5.88. The quantitative estimate of drug-likeness (QED) is 0.333. The molecule has 2 aromatic carbocycles. The van der Waals surface area contributed by atoms with E-state index in [1.54, 1.807) is 30.3 Å². The predicted molar refractivity (Wildman–Crippen MR) is 136 cm³/mol. The van der Waals surface area contributed by atoms with Crippen LogP contribution < -0.4 is 5.32 Å². The van der Waals surface area contributed by atoms with Crippen molar-refractivity contribution >= 4 is 17.6 Å². The number of hydrogen-bond acceptors (Lipinski definition) is 4. The number of aromatic amines is 1. The van der Waals surface area contributed by atoms with Crippen LogP contribution in [0.4, 0.5) is 5.69 Å². The molecule has 7 rings (SSSR count). The number of aromatic carboxylic acids is 1. The number of amides is 1. The fourth-order valence-electron chi connectivity index (χ4n) is 7.47. The van der Waals surface area contributed by atoms with E-state index >= 15 is 0 Å². The Labute approximate surface area is 210 Å². The lowest BCUT2D eigenvalue weighted by molar-refractivity contribution is -0.0570. The van der Waals surface area contributed by atoms with Gasteiger partial charge in [-0.25, -0.2) is 9.78 Å². The third kappa shape index (κ3) is 4.38. The van der Waals surface area contributed by atoms with Crippen LogP contribution in [0.2, 0.25) is 0 Å². The number of aryl methyl sites for hydroxylation is 1. The Morgan fingerprint density at radius 1 is 1.00 bits per heavy atom. The normalized spacial score (nSPS) is 26.2. The van der Waals surface area contributed by atoms with E-state index in [0.29, 0.717) is 28.2 Å². The van der Waals surface area contributed by atoms with Crippen LogP contribution in [0, 0.1) is 23.2 Å². The van der Waals surface area contributed by atoms with E-state index in [1.807, 2.05) is 6.07 Å². The first-order valence-electron chi connectivity index (χ1n) is 12.9. The van der Waals surface area contributed by atoms with Crippen molar-refractivity contribution in [2.75, 3.05) is 5.32 Å². The number of imidazole rings is 1. The van der Waals surface area contributed by atoms with Gasteiger partial charge in [-0.2, -0.15) is 0 Å². The zero-order valence-corrected chi connectivity index (χ0v) is 20.2. The second kappa shape index (κ2) is 8.80. The average Bonchev–Trinajstić information content (AvgIpc) is 3.27. The molecule has 0 spiro atoms. The van der Waals surface area contributed by atoms with E-state index in [1.165, 1.54) is 50.7 Å². The highest BCUT2D eigenvalue weighted by Crippen LogP contribution is 2.61.